The van der Waals surface area contributed by atoms with Gasteiger partial charge in [0, 0.05) is 11.1 Å². The summed E-state index contributed by atoms with van der Waals surface area (Å²) in [5.41, 5.74) is 1.50. The van der Waals surface area contributed by atoms with Crippen molar-refractivity contribution < 1.29 is 19.1 Å². The van der Waals surface area contributed by atoms with E-state index in [-0.39, 0.29) is 17.8 Å². The topological polar surface area (TPSA) is 107 Å². The molecule has 0 aliphatic heterocycles. The molecule has 9 nitrogen and oxygen atoms in total. The minimum absolute atomic E-state index is 0.0460. The first-order chi connectivity index (χ1) is 16.1. The molecule has 0 aliphatic carbocycles. The van der Waals surface area contributed by atoms with E-state index in [1.165, 1.54) is 4.68 Å². The molecule has 166 valence electrons. The third-order valence-electron chi connectivity index (χ3n) is 4.76. The number of aromatic nitrogens is 3. The summed E-state index contributed by atoms with van der Waals surface area (Å²) in [7, 11) is 3.11. The number of amides is 2. The zero-order valence-electron chi connectivity index (χ0n) is 18.0. The van der Waals surface area contributed by atoms with E-state index in [1.807, 2.05) is 30.3 Å². The molecule has 1 aromatic heterocycles. The number of ether oxygens (including phenoxy) is 2. The zero-order valence-corrected chi connectivity index (χ0v) is 18.0. The number of anilines is 2. The van der Waals surface area contributed by atoms with E-state index >= 15 is 0 Å². The first-order valence-electron chi connectivity index (χ1n) is 10.0. The summed E-state index contributed by atoms with van der Waals surface area (Å²) in [6.45, 7) is 0. The molecule has 0 unspecified atom stereocenters. The third kappa shape index (κ3) is 4.99. The summed E-state index contributed by atoms with van der Waals surface area (Å²) in [6.07, 6.45) is 0. The fourth-order valence-corrected chi connectivity index (χ4v) is 3.03. The number of benzene rings is 3. The van der Waals surface area contributed by atoms with Crippen LogP contribution in [-0.2, 0) is 0 Å². The van der Waals surface area contributed by atoms with E-state index in [1.54, 1.807) is 62.8 Å². The maximum atomic E-state index is 12.8. The van der Waals surface area contributed by atoms with Gasteiger partial charge in [0.05, 0.1) is 19.9 Å². The van der Waals surface area contributed by atoms with E-state index < -0.39 is 5.91 Å². The first-order valence-corrected chi connectivity index (χ1v) is 10.0. The minimum Gasteiger partial charge on any atom is -0.497 e. The average molecular weight is 443 g/mol. The van der Waals surface area contributed by atoms with Gasteiger partial charge >= 0.3 is 0 Å². The number of carbonyl (C=O) groups is 2. The van der Waals surface area contributed by atoms with E-state index in [2.05, 4.69) is 20.7 Å². The highest BCUT2D eigenvalue weighted by Crippen LogP contribution is 2.19. The molecule has 9 heteroatoms. The second-order valence-electron chi connectivity index (χ2n) is 6.87. The molecule has 3 aromatic carbocycles. The Balaban J connectivity index is 1.59. The summed E-state index contributed by atoms with van der Waals surface area (Å²) in [6, 6.07) is 22.5. The number of rotatable bonds is 7. The van der Waals surface area contributed by atoms with Gasteiger partial charge in [-0.3, -0.25) is 20.2 Å². The summed E-state index contributed by atoms with van der Waals surface area (Å²) in [5, 5.41) is 9.78. The van der Waals surface area contributed by atoms with Gasteiger partial charge in [0.25, 0.3) is 17.8 Å². The normalized spacial score (nSPS) is 10.4. The second-order valence-corrected chi connectivity index (χ2v) is 6.87. The quantitative estimate of drug-likeness (QED) is 0.450. The van der Waals surface area contributed by atoms with Crippen LogP contribution >= 0.6 is 0 Å². The van der Waals surface area contributed by atoms with Gasteiger partial charge in [0.15, 0.2) is 0 Å². The lowest BCUT2D eigenvalue weighted by molar-refractivity contribution is 0.101. The highest BCUT2D eigenvalue weighted by atomic mass is 16.5. The lowest BCUT2D eigenvalue weighted by atomic mass is 10.2. The van der Waals surface area contributed by atoms with Crippen molar-refractivity contribution in [3.63, 3.8) is 0 Å². The van der Waals surface area contributed by atoms with Crippen LogP contribution in [-0.4, -0.2) is 40.8 Å². The maximum Gasteiger partial charge on any atom is 0.258 e. The number of hydrogen-bond donors (Lipinski definition) is 2. The zero-order chi connectivity index (χ0) is 23.2. The molecule has 0 atom stereocenters. The van der Waals surface area contributed by atoms with Crippen LogP contribution in [0.4, 0.5) is 11.9 Å². The molecular formula is C24H21N5O4. The highest BCUT2D eigenvalue weighted by Gasteiger charge is 2.17. The minimum atomic E-state index is -0.393. The van der Waals surface area contributed by atoms with Gasteiger partial charge in [-0.25, -0.2) is 0 Å². The lowest BCUT2D eigenvalue weighted by Crippen LogP contribution is -2.15. The Morgan fingerprint density at radius 3 is 1.76 bits per heavy atom. The van der Waals surface area contributed by atoms with Crippen LogP contribution in [0, 0.1) is 0 Å². The van der Waals surface area contributed by atoms with Crippen molar-refractivity contribution in [3.8, 4) is 17.2 Å². The fourth-order valence-electron chi connectivity index (χ4n) is 3.03. The molecule has 0 fully saturated rings. The Kier molecular flexibility index (Phi) is 6.31. The summed E-state index contributed by atoms with van der Waals surface area (Å²) >= 11 is 0. The molecule has 33 heavy (non-hydrogen) atoms. The largest absolute Gasteiger partial charge is 0.497 e. The van der Waals surface area contributed by atoms with E-state index in [4.69, 9.17) is 9.47 Å². The van der Waals surface area contributed by atoms with Gasteiger partial charge < -0.3 is 9.47 Å². The van der Waals surface area contributed by atoms with Crippen molar-refractivity contribution >= 4 is 23.7 Å². The SMILES string of the molecule is COc1ccc(C(=O)Nc2nc(NC(=O)c3ccc(OC)cc3)n(-c3ccccc3)n2)cc1. The average Bonchev–Trinajstić information content (AvgIpc) is 3.26. The number of para-hydroxylation sites is 1. The Bertz CT molecular complexity index is 1250. The van der Waals surface area contributed by atoms with Crippen LogP contribution in [0.3, 0.4) is 0 Å². The number of carbonyl (C=O) groups excluding carboxylic acids is 2. The van der Waals surface area contributed by atoms with Gasteiger partial charge in [0.1, 0.15) is 11.5 Å². The Morgan fingerprint density at radius 2 is 1.24 bits per heavy atom. The van der Waals surface area contributed by atoms with E-state index in [0.717, 1.165) is 0 Å². The number of nitrogens with one attached hydrogen (secondary N) is 2. The summed E-state index contributed by atoms with van der Waals surface area (Å²) < 4.78 is 11.7. The number of nitrogens with zero attached hydrogens (tertiary/aromatic N) is 3. The number of methoxy groups -OCH3 is 2. The van der Waals surface area contributed by atoms with Gasteiger partial charge in [0.2, 0.25) is 5.95 Å². The van der Waals surface area contributed by atoms with Crippen molar-refractivity contribution in [2.45, 2.75) is 0 Å². The molecule has 0 saturated heterocycles. The predicted octanol–water partition coefficient (Wildman–Crippen LogP) is 3.79. The monoisotopic (exact) mass is 443 g/mol. The molecular weight excluding hydrogens is 422 g/mol. The first kappa shape index (κ1) is 21.6. The van der Waals surface area contributed by atoms with Crippen LogP contribution in [0.25, 0.3) is 5.69 Å². The lowest BCUT2D eigenvalue weighted by Gasteiger charge is -2.07. The Labute approximate surface area is 190 Å². The van der Waals surface area contributed by atoms with Crippen molar-refractivity contribution in [3.05, 3.63) is 90.0 Å². The smallest absolute Gasteiger partial charge is 0.258 e. The number of hydrogen-bond acceptors (Lipinski definition) is 6. The molecule has 2 N–H and O–H groups in total. The van der Waals surface area contributed by atoms with Crippen molar-refractivity contribution in [2.24, 2.45) is 0 Å². The Morgan fingerprint density at radius 1 is 0.727 bits per heavy atom. The molecule has 2 amide bonds. The predicted molar refractivity (Wildman–Crippen MR) is 123 cm³/mol. The van der Waals surface area contributed by atoms with Crippen LogP contribution in [0.2, 0.25) is 0 Å². The van der Waals surface area contributed by atoms with E-state index in [0.29, 0.717) is 28.3 Å². The molecule has 4 aromatic rings. The standard InChI is InChI=1S/C24H21N5O4/c1-32-19-12-8-16(9-13-19)21(30)25-23-27-24(29(28-23)18-6-4-3-5-7-18)26-22(31)17-10-14-20(33-2)15-11-17/h3-15H,1-2H3,(H2,25,26,27,28,30,31). The van der Waals surface area contributed by atoms with Crippen LogP contribution in [0.5, 0.6) is 11.5 Å². The van der Waals surface area contributed by atoms with Gasteiger partial charge in [-0.1, -0.05) is 18.2 Å². The van der Waals surface area contributed by atoms with Gasteiger partial charge in [-0.2, -0.15) is 9.67 Å². The van der Waals surface area contributed by atoms with Crippen LogP contribution in [0.1, 0.15) is 20.7 Å². The van der Waals surface area contributed by atoms with Crippen LogP contribution in [0.15, 0.2) is 78.9 Å². The summed E-state index contributed by atoms with van der Waals surface area (Å²) in [4.78, 5) is 29.7. The molecule has 0 radical (unpaired) electrons. The van der Waals surface area contributed by atoms with Gasteiger partial charge in [-0.15, -0.1) is 5.10 Å². The second kappa shape index (κ2) is 9.65. The molecule has 0 bridgehead atoms. The highest BCUT2D eigenvalue weighted by molar-refractivity contribution is 6.05. The van der Waals surface area contributed by atoms with Gasteiger partial charge in [-0.05, 0) is 60.7 Å². The van der Waals surface area contributed by atoms with Crippen molar-refractivity contribution in [1.29, 1.82) is 0 Å². The van der Waals surface area contributed by atoms with Crippen molar-refractivity contribution in [2.75, 3.05) is 24.9 Å². The molecule has 4 rings (SSSR count). The maximum absolute atomic E-state index is 12.8. The molecule has 0 spiro atoms. The van der Waals surface area contributed by atoms with Crippen LogP contribution < -0.4 is 20.1 Å². The van der Waals surface area contributed by atoms with Crippen molar-refractivity contribution in [1.82, 2.24) is 14.8 Å². The van der Waals surface area contributed by atoms with E-state index in [9.17, 15) is 9.59 Å². The summed E-state index contributed by atoms with van der Waals surface area (Å²) in [5.74, 6) is 0.715. The Hall–Kier alpha value is -4.66. The molecule has 0 aliphatic rings. The molecule has 0 saturated carbocycles. The molecule has 1 heterocycles. The third-order valence-corrected chi connectivity index (χ3v) is 4.76. The fraction of sp³-hybridized carbons (Fsp3) is 0.0833.